The summed E-state index contributed by atoms with van der Waals surface area (Å²) in [4.78, 5) is 0. The molecule has 0 aromatic heterocycles. The Morgan fingerprint density at radius 1 is 1.15 bits per heavy atom. The lowest BCUT2D eigenvalue weighted by Gasteiger charge is -2.20. The minimum atomic E-state index is 0. The molecule has 78 valence electrons. The van der Waals surface area contributed by atoms with Crippen LogP contribution < -0.4 is 0 Å². The van der Waals surface area contributed by atoms with E-state index in [1.165, 1.54) is 32.1 Å². The van der Waals surface area contributed by atoms with Crippen LogP contribution in [-0.4, -0.2) is 12.2 Å². The first-order valence-corrected chi connectivity index (χ1v) is 5.09. The maximum atomic E-state index is 5.79. The lowest BCUT2D eigenvalue weighted by Crippen LogP contribution is -2.18. The number of hydrogen-bond donors (Lipinski definition) is 0. The number of rotatable bonds is 2. The van der Waals surface area contributed by atoms with Gasteiger partial charge in [0.1, 0.15) is 0 Å². The van der Waals surface area contributed by atoms with Crippen molar-refractivity contribution in [3.63, 3.8) is 0 Å². The second kappa shape index (κ2) is 7.14. The van der Waals surface area contributed by atoms with Crippen molar-refractivity contribution < 1.29 is 4.74 Å². The topological polar surface area (TPSA) is 9.23 Å². The van der Waals surface area contributed by atoms with Crippen LogP contribution in [0.4, 0.5) is 0 Å². The summed E-state index contributed by atoms with van der Waals surface area (Å²) in [7, 11) is 0. The van der Waals surface area contributed by atoms with Crippen molar-refractivity contribution >= 4 is 0 Å². The van der Waals surface area contributed by atoms with Gasteiger partial charge in [-0.25, -0.2) is 0 Å². The largest absolute Gasteiger partial charge is 0.376 e. The molecular formula is C12H24O. The van der Waals surface area contributed by atoms with Crippen molar-refractivity contribution in [3.8, 4) is 0 Å². The maximum absolute atomic E-state index is 5.79. The molecule has 1 unspecified atom stereocenters. The third kappa shape index (κ3) is 5.87. The Hall–Kier alpha value is -0.300. The summed E-state index contributed by atoms with van der Waals surface area (Å²) in [5.41, 5.74) is 0. The van der Waals surface area contributed by atoms with E-state index in [1.807, 2.05) is 0 Å². The average Bonchev–Trinajstić information content (AvgIpc) is 1.93. The third-order valence-corrected chi connectivity index (χ3v) is 2.18. The van der Waals surface area contributed by atoms with E-state index in [-0.39, 0.29) is 7.43 Å². The molecule has 1 aliphatic rings. The molecule has 0 aromatic rings. The van der Waals surface area contributed by atoms with Crippen LogP contribution in [0, 0.1) is 0 Å². The highest BCUT2D eigenvalue weighted by Crippen LogP contribution is 2.16. The number of hydrogen-bond acceptors (Lipinski definition) is 1. The lowest BCUT2D eigenvalue weighted by atomic mass is 10.0. The van der Waals surface area contributed by atoms with E-state index in [2.05, 4.69) is 26.0 Å². The molecule has 0 N–H and O–H groups in total. The highest BCUT2D eigenvalue weighted by Gasteiger charge is 2.10. The van der Waals surface area contributed by atoms with Gasteiger partial charge in [0.25, 0.3) is 0 Å². The zero-order chi connectivity index (χ0) is 8.81. The molecule has 0 heterocycles. The summed E-state index contributed by atoms with van der Waals surface area (Å²) >= 11 is 0. The van der Waals surface area contributed by atoms with E-state index in [1.54, 1.807) is 0 Å². The van der Waals surface area contributed by atoms with Gasteiger partial charge in [-0.3, -0.25) is 0 Å². The van der Waals surface area contributed by atoms with Crippen molar-refractivity contribution in [2.24, 2.45) is 0 Å². The van der Waals surface area contributed by atoms with Gasteiger partial charge < -0.3 is 4.74 Å². The van der Waals surface area contributed by atoms with Gasteiger partial charge in [-0.05, 0) is 46.0 Å². The summed E-state index contributed by atoms with van der Waals surface area (Å²) < 4.78 is 5.79. The third-order valence-electron chi connectivity index (χ3n) is 2.18. The Morgan fingerprint density at radius 3 is 2.54 bits per heavy atom. The molecule has 0 aromatic carbocycles. The molecule has 0 fully saturated rings. The fraction of sp³-hybridized carbons (Fsp3) is 0.833. The van der Waals surface area contributed by atoms with Crippen molar-refractivity contribution in [1.82, 2.24) is 0 Å². The minimum absolute atomic E-state index is 0. The van der Waals surface area contributed by atoms with Crippen molar-refractivity contribution in [2.75, 3.05) is 0 Å². The van der Waals surface area contributed by atoms with Crippen LogP contribution in [0.25, 0.3) is 0 Å². The second-order valence-electron chi connectivity index (χ2n) is 3.79. The molecule has 0 saturated carbocycles. The van der Waals surface area contributed by atoms with E-state index in [0.717, 1.165) is 0 Å². The Labute approximate surface area is 83.2 Å². The Kier molecular flexibility index (Phi) is 6.97. The molecule has 1 nitrogen and oxygen atoms in total. The summed E-state index contributed by atoms with van der Waals surface area (Å²) in [5.74, 6) is 0. The summed E-state index contributed by atoms with van der Waals surface area (Å²) in [6.07, 6.45) is 11.6. The zero-order valence-electron chi connectivity index (χ0n) is 8.25. The van der Waals surface area contributed by atoms with Gasteiger partial charge in [0.05, 0.1) is 12.2 Å². The van der Waals surface area contributed by atoms with Crippen LogP contribution in [0.15, 0.2) is 12.2 Å². The molecule has 0 aliphatic heterocycles. The van der Waals surface area contributed by atoms with E-state index in [9.17, 15) is 0 Å². The molecular weight excluding hydrogens is 160 g/mol. The molecule has 1 heteroatoms. The summed E-state index contributed by atoms with van der Waals surface area (Å²) in [5, 5.41) is 0. The predicted molar refractivity (Wildman–Crippen MR) is 59.0 cm³/mol. The average molecular weight is 184 g/mol. The standard InChI is InChI=1S/C11H20O.CH4/c1-10(2)12-11-8-6-4-3-5-7-9-11;/h3-4,10-11H,5-9H2,1-2H3;1H4/b4-3+;. The fourth-order valence-corrected chi connectivity index (χ4v) is 1.65. The van der Waals surface area contributed by atoms with Gasteiger partial charge in [0.15, 0.2) is 0 Å². The molecule has 1 aliphatic carbocycles. The minimum Gasteiger partial charge on any atom is -0.376 e. The van der Waals surface area contributed by atoms with Crippen LogP contribution >= 0.6 is 0 Å². The second-order valence-corrected chi connectivity index (χ2v) is 3.79. The van der Waals surface area contributed by atoms with Gasteiger partial charge in [-0.1, -0.05) is 19.6 Å². The van der Waals surface area contributed by atoms with Crippen molar-refractivity contribution in [1.29, 1.82) is 0 Å². The van der Waals surface area contributed by atoms with Crippen molar-refractivity contribution in [3.05, 3.63) is 12.2 Å². The maximum Gasteiger partial charge on any atom is 0.0581 e. The Morgan fingerprint density at radius 2 is 1.85 bits per heavy atom. The normalized spacial score (nSPS) is 25.9. The first-order valence-electron chi connectivity index (χ1n) is 5.09. The highest BCUT2D eigenvalue weighted by molar-refractivity contribution is 4.85. The monoisotopic (exact) mass is 184 g/mol. The molecule has 1 atom stereocenters. The van der Waals surface area contributed by atoms with E-state index < -0.39 is 0 Å². The van der Waals surface area contributed by atoms with E-state index in [0.29, 0.717) is 12.2 Å². The van der Waals surface area contributed by atoms with Crippen LogP contribution in [-0.2, 0) is 4.74 Å². The van der Waals surface area contributed by atoms with Crippen LogP contribution in [0.1, 0.15) is 53.4 Å². The Bertz CT molecular complexity index is 138. The van der Waals surface area contributed by atoms with Crippen LogP contribution in [0.5, 0.6) is 0 Å². The Balaban J connectivity index is 0.00000144. The predicted octanol–water partition coefficient (Wildman–Crippen LogP) is 3.94. The van der Waals surface area contributed by atoms with Gasteiger partial charge in [-0.15, -0.1) is 0 Å². The summed E-state index contributed by atoms with van der Waals surface area (Å²) in [6.45, 7) is 4.24. The first kappa shape index (κ1) is 12.7. The van der Waals surface area contributed by atoms with E-state index >= 15 is 0 Å². The summed E-state index contributed by atoms with van der Waals surface area (Å²) in [6, 6.07) is 0. The molecule has 1 rings (SSSR count). The number of ether oxygens (including phenoxy) is 1. The van der Waals surface area contributed by atoms with Gasteiger partial charge >= 0.3 is 0 Å². The highest BCUT2D eigenvalue weighted by atomic mass is 16.5. The molecule has 0 radical (unpaired) electrons. The van der Waals surface area contributed by atoms with Gasteiger partial charge in [0.2, 0.25) is 0 Å². The molecule has 0 spiro atoms. The van der Waals surface area contributed by atoms with Crippen LogP contribution in [0.3, 0.4) is 0 Å². The first-order chi connectivity index (χ1) is 5.79. The number of allylic oxidation sites excluding steroid dienone is 2. The van der Waals surface area contributed by atoms with Gasteiger partial charge in [0, 0.05) is 0 Å². The fourth-order valence-electron chi connectivity index (χ4n) is 1.65. The van der Waals surface area contributed by atoms with Crippen molar-refractivity contribution in [2.45, 2.75) is 65.6 Å². The lowest BCUT2D eigenvalue weighted by molar-refractivity contribution is -0.00213. The molecule has 0 saturated heterocycles. The van der Waals surface area contributed by atoms with Crippen LogP contribution in [0.2, 0.25) is 0 Å². The smallest absolute Gasteiger partial charge is 0.0581 e. The molecule has 0 bridgehead atoms. The quantitative estimate of drug-likeness (QED) is 0.591. The zero-order valence-corrected chi connectivity index (χ0v) is 8.25. The van der Waals surface area contributed by atoms with E-state index in [4.69, 9.17) is 4.74 Å². The molecule has 0 amide bonds. The molecule has 13 heavy (non-hydrogen) atoms. The van der Waals surface area contributed by atoms with Gasteiger partial charge in [-0.2, -0.15) is 0 Å². The SMILES string of the molecule is C.CC(C)OC1CC/C=C/CCC1.